The quantitative estimate of drug-likeness (QED) is 0.345. The van der Waals surface area contributed by atoms with E-state index in [0.717, 1.165) is 36.8 Å². The van der Waals surface area contributed by atoms with E-state index in [-0.39, 0.29) is 5.41 Å². The predicted molar refractivity (Wildman–Crippen MR) is 119 cm³/mol. The highest BCUT2D eigenvalue weighted by Gasteiger charge is 2.40. The zero-order valence-electron chi connectivity index (χ0n) is 18.1. The molecule has 2 heteroatoms. The van der Waals surface area contributed by atoms with Crippen molar-refractivity contribution in [2.75, 3.05) is 0 Å². The van der Waals surface area contributed by atoms with Crippen molar-refractivity contribution in [3.05, 3.63) is 59.7 Å². The molecule has 0 amide bonds. The van der Waals surface area contributed by atoms with E-state index in [4.69, 9.17) is 0 Å². The van der Waals surface area contributed by atoms with E-state index in [1.165, 1.54) is 64.2 Å². The smallest absolute Gasteiger partial charge is 0.126 e. The first-order chi connectivity index (χ1) is 14.1. The normalized spacial score (nSPS) is 26.7. The van der Waals surface area contributed by atoms with E-state index in [1.54, 1.807) is 12.1 Å². The van der Waals surface area contributed by atoms with E-state index in [2.05, 4.69) is 31.2 Å². The van der Waals surface area contributed by atoms with Crippen LogP contribution in [0.2, 0.25) is 0 Å². The minimum Gasteiger partial charge on any atom is -0.207 e. The van der Waals surface area contributed by atoms with Crippen molar-refractivity contribution in [3.8, 4) is 0 Å². The van der Waals surface area contributed by atoms with Crippen LogP contribution in [0.4, 0.5) is 8.78 Å². The van der Waals surface area contributed by atoms with Crippen LogP contribution in [0.25, 0.3) is 0 Å². The lowest BCUT2D eigenvalue weighted by atomic mass is 9.61. The average Bonchev–Trinajstić information content (AvgIpc) is 2.73. The van der Waals surface area contributed by atoms with E-state index in [0.29, 0.717) is 5.92 Å². The number of halogens is 2. The summed E-state index contributed by atoms with van der Waals surface area (Å²) in [4.78, 5) is 0. The second-order valence-corrected chi connectivity index (χ2v) is 9.32. The van der Waals surface area contributed by atoms with E-state index in [1.807, 2.05) is 0 Å². The summed E-state index contributed by atoms with van der Waals surface area (Å²) in [7, 11) is 0. The molecule has 0 spiro atoms. The second-order valence-electron chi connectivity index (χ2n) is 9.32. The molecule has 1 fully saturated rings. The minimum absolute atomic E-state index is 0.248. The molecule has 1 unspecified atom stereocenters. The SMILES string of the molecule is CCCCCCCCC[C@H]1CC[C@H](C2(c3cc(F)cc(F)c3)C=CC=CC2)CC1. The zero-order valence-corrected chi connectivity index (χ0v) is 18.1. The number of unbranched alkanes of at least 4 members (excludes halogenated alkanes) is 6. The van der Waals surface area contributed by atoms with Gasteiger partial charge in [0, 0.05) is 11.5 Å². The van der Waals surface area contributed by atoms with E-state index < -0.39 is 11.6 Å². The molecular weight excluding hydrogens is 362 g/mol. The summed E-state index contributed by atoms with van der Waals surface area (Å²) in [6.07, 6.45) is 25.2. The van der Waals surface area contributed by atoms with Crippen LogP contribution in [0.15, 0.2) is 42.5 Å². The van der Waals surface area contributed by atoms with Gasteiger partial charge in [-0.3, -0.25) is 0 Å². The molecule has 0 nitrogen and oxygen atoms in total. The molecule has 3 rings (SSSR count). The fourth-order valence-corrected chi connectivity index (χ4v) is 5.57. The lowest BCUT2D eigenvalue weighted by Crippen LogP contribution is -2.36. The standard InChI is InChI=1S/C27H38F2/c1-2-3-4-5-6-7-9-12-22-13-15-23(16-14-22)27(17-10-8-11-18-27)24-19-25(28)21-26(29)20-24/h8,10-11,17,19-23H,2-7,9,12-16,18H2,1H3/t22-,23-,27?. The molecule has 160 valence electrons. The Hall–Kier alpha value is -1.44. The molecule has 1 aromatic rings. The summed E-state index contributed by atoms with van der Waals surface area (Å²) >= 11 is 0. The van der Waals surface area contributed by atoms with Crippen molar-refractivity contribution in [2.24, 2.45) is 11.8 Å². The molecule has 1 saturated carbocycles. The fraction of sp³-hybridized carbons (Fsp3) is 0.630. The molecule has 1 aromatic carbocycles. The molecule has 1 atom stereocenters. The first-order valence-electron chi connectivity index (χ1n) is 11.9. The average molecular weight is 401 g/mol. The van der Waals surface area contributed by atoms with Crippen LogP contribution in [0.5, 0.6) is 0 Å². The first-order valence-corrected chi connectivity index (χ1v) is 11.9. The van der Waals surface area contributed by atoms with Gasteiger partial charge in [0.2, 0.25) is 0 Å². The molecule has 2 aliphatic carbocycles. The molecule has 0 aromatic heterocycles. The van der Waals surface area contributed by atoms with Gasteiger partial charge in [-0.2, -0.15) is 0 Å². The van der Waals surface area contributed by atoms with Crippen LogP contribution in [0, 0.1) is 23.5 Å². The molecular formula is C27H38F2. The van der Waals surface area contributed by atoms with Crippen molar-refractivity contribution < 1.29 is 8.78 Å². The maximum Gasteiger partial charge on any atom is 0.126 e. The van der Waals surface area contributed by atoms with Crippen molar-refractivity contribution >= 4 is 0 Å². The minimum atomic E-state index is -0.463. The summed E-state index contributed by atoms with van der Waals surface area (Å²) in [5.41, 5.74) is 0.563. The highest BCUT2D eigenvalue weighted by atomic mass is 19.1. The Morgan fingerprint density at radius 2 is 1.48 bits per heavy atom. The van der Waals surface area contributed by atoms with Crippen LogP contribution in [0.3, 0.4) is 0 Å². The van der Waals surface area contributed by atoms with Gasteiger partial charge in [-0.1, -0.05) is 95.4 Å². The molecule has 0 aliphatic heterocycles. The van der Waals surface area contributed by atoms with Crippen LogP contribution in [-0.4, -0.2) is 0 Å². The molecule has 0 N–H and O–H groups in total. The number of hydrogen-bond acceptors (Lipinski definition) is 0. The number of benzene rings is 1. The van der Waals surface area contributed by atoms with E-state index >= 15 is 0 Å². The van der Waals surface area contributed by atoms with Crippen molar-refractivity contribution in [1.29, 1.82) is 0 Å². The maximum atomic E-state index is 14.0. The Bertz CT molecular complexity index is 662. The van der Waals surface area contributed by atoms with Crippen LogP contribution in [-0.2, 0) is 5.41 Å². The zero-order chi connectivity index (χ0) is 20.5. The summed E-state index contributed by atoms with van der Waals surface area (Å²) < 4.78 is 27.9. The molecule has 0 saturated heterocycles. The Labute approximate surface area is 176 Å². The number of hydrogen-bond donors (Lipinski definition) is 0. The Morgan fingerprint density at radius 3 is 2.10 bits per heavy atom. The third kappa shape index (κ3) is 6.03. The molecule has 0 heterocycles. The van der Waals surface area contributed by atoms with Gasteiger partial charge in [-0.25, -0.2) is 8.78 Å². The van der Waals surface area contributed by atoms with Crippen molar-refractivity contribution in [2.45, 2.75) is 95.8 Å². The maximum absolute atomic E-state index is 14.0. The number of rotatable bonds is 10. The molecule has 2 aliphatic rings. The third-order valence-electron chi connectivity index (χ3n) is 7.29. The largest absolute Gasteiger partial charge is 0.207 e. The fourth-order valence-electron chi connectivity index (χ4n) is 5.57. The topological polar surface area (TPSA) is 0 Å². The van der Waals surface area contributed by atoms with Crippen LogP contribution < -0.4 is 0 Å². The van der Waals surface area contributed by atoms with Gasteiger partial charge in [-0.15, -0.1) is 0 Å². The molecule has 29 heavy (non-hydrogen) atoms. The van der Waals surface area contributed by atoms with E-state index in [9.17, 15) is 8.78 Å². The highest BCUT2D eigenvalue weighted by molar-refractivity contribution is 5.37. The lowest BCUT2D eigenvalue weighted by molar-refractivity contribution is 0.192. The summed E-state index contributed by atoms with van der Waals surface area (Å²) in [6, 6.07) is 4.09. The summed E-state index contributed by atoms with van der Waals surface area (Å²) in [6.45, 7) is 2.27. The number of allylic oxidation sites excluding steroid dienone is 4. The molecule has 0 radical (unpaired) electrons. The Kier molecular flexibility index (Phi) is 8.51. The highest BCUT2D eigenvalue weighted by Crippen LogP contribution is 2.48. The third-order valence-corrected chi connectivity index (χ3v) is 7.29. The van der Waals surface area contributed by atoms with Crippen LogP contribution in [0.1, 0.15) is 96.0 Å². The predicted octanol–water partition coefficient (Wildman–Crippen LogP) is 8.67. The lowest BCUT2D eigenvalue weighted by Gasteiger charge is -2.43. The summed E-state index contributed by atoms with van der Waals surface area (Å²) in [5.74, 6) is 0.381. The van der Waals surface area contributed by atoms with Crippen molar-refractivity contribution in [3.63, 3.8) is 0 Å². The monoisotopic (exact) mass is 400 g/mol. The van der Waals surface area contributed by atoms with Gasteiger partial charge < -0.3 is 0 Å². The first kappa shape index (κ1) is 22.2. The van der Waals surface area contributed by atoms with Gasteiger partial charge >= 0.3 is 0 Å². The Balaban J connectivity index is 1.53. The van der Waals surface area contributed by atoms with Crippen molar-refractivity contribution in [1.82, 2.24) is 0 Å². The molecule has 0 bridgehead atoms. The Morgan fingerprint density at radius 1 is 0.828 bits per heavy atom. The second kappa shape index (κ2) is 11.1. The summed E-state index contributed by atoms with van der Waals surface area (Å²) in [5, 5.41) is 0. The van der Waals surface area contributed by atoms with Gasteiger partial charge in [0.05, 0.1) is 0 Å². The van der Waals surface area contributed by atoms with Crippen LogP contribution >= 0.6 is 0 Å². The van der Waals surface area contributed by atoms with Gasteiger partial charge in [0.1, 0.15) is 11.6 Å². The van der Waals surface area contributed by atoms with Gasteiger partial charge in [-0.05, 0) is 48.8 Å². The van der Waals surface area contributed by atoms with Gasteiger partial charge in [0.15, 0.2) is 0 Å². The van der Waals surface area contributed by atoms with Gasteiger partial charge in [0.25, 0.3) is 0 Å².